The quantitative estimate of drug-likeness (QED) is 0.562. The summed E-state index contributed by atoms with van der Waals surface area (Å²) in [5, 5.41) is 11.2. The molecule has 0 amide bonds. The van der Waals surface area contributed by atoms with E-state index in [9.17, 15) is 5.11 Å². The highest BCUT2D eigenvalue weighted by molar-refractivity contribution is 14.1. The summed E-state index contributed by atoms with van der Waals surface area (Å²) < 4.78 is 1.26. The van der Waals surface area contributed by atoms with E-state index in [2.05, 4.69) is 59.3 Å². The molecule has 2 saturated heterocycles. The van der Waals surface area contributed by atoms with Crippen LogP contribution in [0.3, 0.4) is 0 Å². The fraction of sp³-hybridized carbons (Fsp3) is 0.529. The molecule has 3 rings (SSSR count). The van der Waals surface area contributed by atoms with Gasteiger partial charge in [-0.1, -0.05) is 19.1 Å². The zero-order valence-electron chi connectivity index (χ0n) is 12.9. The molecule has 2 heterocycles. The first-order valence-electron chi connectivity index (χ1n) is 7.75. The van der Waals surface area contributed by atoms with Crippen molar-refractivity contribution >= 4 is 34.4 Å². The predicted octanol–water partition coefficient (Wildman–Crippen LogP) is 3.83. The molecule has 2 bridgehead atoms. The van der Waals surface area contributed by atoms with Gasteiger partial charge in [0.2, 0.25) is 0 Å². The fourth-order valence-electron chi connectivity index (χ4n) is 3.62. The molecule has 0 spiro atoms. The number of benzene rings is 1. The van der Waals surface area contributed by atoms with Gasteiger partial charge in [-0.05, 0) is 65.1 Å². The summed E-state index contributed by atoms with van der Waals surface area (Å²) >= 11 is 4.28. The SMILES string of the molecule is CCC(NOC)=C1[C@H](c2ccc(I)cc2)CC2CC(O)[C@@H]1S2. The predicted molar refractivity (Wildman–Crippen MR) is 99.8 cm³/mol. The van der Waals surface area contributed by atoms with Crippen molar-refractivity contribution in [2.75, 3.05) is 7.11 Å². The molecule has 0 aliphatic carbocycles. The van der Waals surface area contributed by atoms with Crippen molar-refractivity contribution in [3.05, 3.63) is 44.7 Å². The van der Waals surface area contributed by atoms with Gasteiger partial charge in [-0.25, -0.2) is 0 Å². The number of hydrogen-bond acceptors (Lipinski definition) is 4. The van der Waals surface area contributed by atoms with E-state index in [4.69, 9.17) is 4.84 Å². The number of aliphatic hydroxyl groups is 1. The molecule has 4 atom stereocenters. The maximum absolute atomic E-state index is 10.5. The summed E-state index contributed by atoms with van der Waals surface area (Å²) in [6.07, 6.45) is 2.66. The van der Waals surface area contributed by atoms with Crippen molar-refractivity contribution in [3.63, 3.8) is 0 Å². The third kappa shape index (κ3) is 3.18. The lowest BCUT2D eigenvalue weighted by atomic mass is 9.84. The van der Waals surface area contributed by atoms with Gasteiger partial charge in [0, 0.05) is 20.4 Å². The van der Waals surface area contributed by atoms with Gasteiger partial charge in [-0.15, -0.1) is 11.8 Å². The standard InChI is InChI=1S/C17H22INO2S/c1-3-14(19-21-2)16-13(10-4-6-11(18)7-5-10)8-12-9-15(20)17(16)22-12/h4-7,12-13,15,17,19-20H,3,8-9H2,1-2H3/t12?,13-,15?,17-/m0/s1. The lowest BCUT2D eigenvalue weighted by Gasteiger charge is -2.34. The van der Waals surface area contributed by atoms with Crippen LogP contribution in [0, 0.1) is 3.57 Å². The first-order chi connectivity index (χ1) is 10.6. The number of allylic oxidation sites excluding steroid dienone is 1. The summed E-state index contributed by atoms with van der Waals surface area (Å²) in [6.45, 7) is 2.14. The molecule has 1 aromatic rings. The molecule has 22 heavy (non-hydrogen) atoms. The van der Waals surface area contributed by atoms with Crippen LogP contribution in [-0.2, 0) is 4.84 Å². The number of thioether (sulfide) groups is 1. The van der Waals surface area contributed by atoms with Crippen LogP contribution in [0.1, 0.15) is 37.7 Å². The van der Waals surface area contributed by atoms with Crippen LogP contribution in [0.2, 0.25) is 0 Å². The average molecular weight is 431 g/mol. The van der Waals surface area contributed by atoms with Crippen LogP contribution in [0.15, 0.2) is 35.5 Å². The second kappa shape index (κ2) is 7.11. The van der Waals surface area contributed by atoms with Crippen LogP contribution in [0.5, 0.6) is 0 Å². The fourth-order valence-corrected chi connectivity index (χ4v) is 5.75. The van der Waals surface area contributed by atoms with E-state index >= 15 is 0 Å². The lowest BCUT2D eigenvalue weighted by molar-refractivity contribution is 0.113. The van der Waals surface area contributed by atoms with E-state index in [1.807, 2.05) is 11.8 Å². The van der Waals surface area contributed by atoms with Crippen molar-refractivity contribution in [1.82, 2.24) is 5.48 Å². The van der Waals surface area contributed by atoms with Gasteiger partial charge in [0.1, 0.15) is 0 Å². The van der Waals surface area contributed by atoms with Gasteiger partial charge in [0.15, 0.2) is 0 Å². The zero-order valence-corrected chi connectivity index (χ0v) is 15.9. The summed E-state index contributed by atoms with van der Waals surface area (Å²) in [7, 11) is 1.65. The second-order valence-corrected chi connectivity index (χ2v) is 8.61. The molecule has 2 N–H and O–H groups in total. The molecular weight excluding hydrogens is 409 g/mol. The molecular formula is C17H22INO2S. The Bertz CT molecular complexity index is 560. The molecule has 0 aromatic heterocycles. The van der Waals surface area contributed by atoms with Gasteiger partial charge in [0.25, 0.3) is 0 Å². The Morgan fingerprint density at radius 2 is 2.09 bits per heavy atom. The normalized spacial score (nSPS) is 32.9. The second-order valence-electron chi connectivity index (χ2n) is 5.92. The van der Waals surface area contributed by atoms with Crippen molar-refractivity contribution in [2.45, 2.75) is 48.7 Å². The van der Waals surface area contributed by atoms with E-state index < -0.39 is 0 Å². The van der Waals surface area contributed by atoms with Gasteiger partial charge in [0.05, 0.1) is 18.5 Å². The van der Waals surface area contributed by atoms with E-state index in [0.717, 1.165) is 25.0 Å². The Hall–Kier alpha value is -0.240. The highest BCUT2D eigenvalue weighted by Gasteiger charge is 2.45. The van der Waals surface area contributed by atoms with Crippen molar-refractivity contribution < 1.29 is 9.94 Å². The first-order valence-corrected chi connectivity index (χ1v) is 9.77. The van der Waals surface area contributed by atoms with Crippen molar-refractivity contribution in [2.24, 2.45) is 0 Å². The Morgan fingerprint density at radius 3 is 2.73 bits per heavy atom. The Labute approximate surface area is 150 Å². The monoisotopic (exact) mass is 431 g/mol. The molecule has 2 unspecified atom stereocenters. The summed E-state index contributed by atoms with van der Waals surface area (Å²) in [6, 6.07) is 8.80. The van der Waals surface area contributed by atoms with Crippen molar-refractivity contribution in [3.8, 4) is 0 Å². The van der Waals surface area contributed by atoms with Crippen LogP contribution >= 0.6 is 34.4 Å². The highest BCUT2D eigenvalue weighted by Crippen LogP contribution is 2.53. The molecule has 120 valence electrons. The number of halogens is 1. The molecule has 2 aliphatic rings. The number of hydroxylamine groups is 1. The molecule has 0 saturated carbocycles. The largest absolute Gasteiger partial charge is 0.392 e. The summed E-state index contributed by atoms with van der Waals surface area (Å²) in [4.78, 5) is 5.19. The first kappa shape index (κ1) is 16.6. The molecule has 1 aromatic carbocycles. The Balaban J connectivity index is 2.04. The van der Waals surface area contributed by atoms with Crippen LogP contribution in [0.25, 0.3) is 0 Å². The Morgan fingerprint density at radius 1 is 1.36 bits per heavy atom. The van der Waals surface area contributed by atoms with Gasteiger partial charge >= 0.3 is 0 Å². The Kier molecular flexibility index (Phi) is 5.37. The molecule has 5 heteroatoms. The smallest absolute Gasteiger partial charge is 0.0708 e. The maximum Gasteiger partial charge on any atom is 0.0708 e. The van der Waals surface area contributed by atoms with E-state index in [1.54, 1.807) is 7.11 Å². The molecule has 0 radical (unpaired) electrons. The minimum atomic E-state index is -0.237. The average Bonchev–Trinajstić information content (AvgIpc) is 2.81. The minimum absolute atomic E-state index is 0.195. The lowest BCUT2D eigenvalue weighted by Crippen LogP contribution is -2.29. The van der Waals surface area contributed by atoms with E-state index in [0.29, 0.717) is 11.2 Å². The van der Waals surface area contributed by atoms with Crippen molar-refractivity contribution in [1.29, 1.82) is 0 Å². The van der Waals surface area contributed by atoms with Crippen LogP contribution in [0.4, 0.5) is 0 Å². The molecule has 2 fully saturated rings. The highest BCUT2D eigenvalue weighted by atomic mass is 127. The number of hydrogen-bond donors (Lipinski definition) is 2. The number of aliphatic hydroxyl groups excluding tert-OH is 1. The summed E-state index contributed by atoms with van der Waals surface area (Å²) in [5.41, 5.74) is 6.88. The number of rotatable bonds is 4. The number of nitrogens with one attached hydrogen (secondary N) is 1. The van der Waals surface area contributed by atoms with Gasteiger partial charge in [-0.2, -0.15) is 0 Å². The zero-order chi connectivity index (χ0) is 15.7. The van der Waals surface area contributed by atoms with Crippen LogP contribution < -0.4 is 5.48 Å². The van der Waals surface area contributed by atoms with E-state index in [-0.39, 0.29) is 11.4 Å². The van der Waals surface area contributed by atoms with E-state index in [1.165, 1.54) is 14.7 Å². The van der Waals surface area contributed by atoms with Gasteiger partial charge in [-0.3, -0.25) is 10.3 Å². The third-order valence-corrected chi connectivity index (χ3v) is 6.92. The summed E-state index contributed by atoms with van der Waals surface area (Å²) in [5.74, 6) is 0.378. The maximum atomic E-state index is 10.5. The topological polar surface area (TPSA) is 41.5 Å². The minimum Gasteiger partial charge on any atom is -0.392 e. The third-order valence-electron chi connectivity index (χ3n) is 4.57. The molecule has 3 nitrogen and oxygen atoms in total. The van der Waals surface area contributed by atoms with Crippen LogP contribution in [-0.4, -0.2) is 28.8 Å². The number of fused-ring (bicyclic) bond motifs is 2. The van der Waals surface area contributed by atoms with Gasteiger partial charge < -0.3 is 5.11 Å². The molecule has 2 aliphatic heterocycles.